The molecule has 0 aromatic carbocycles. The van der Waals surface area contributed by atoms with Gasteiger partial charge in [-0.2, -0.15) is 0 Å². The molecule has 0 radical (unpaired) electrons. The minimum atomic E-state index is -1.15. The second-order valence-corrected chi connectivity index (χ2v) is 5.16. The van der Waals surface area contributed by atoms with Crippen LogP contribution in [0, 0.1) is 5.41 Å². The molecule has 0 saturated carbocycles. The average Bonchev–Trinajstić information content (AvgIpc) is 2.14. The van der Waals surface area contributed by atoms with E-state index >= 15 is 0 Å². The summed E-state index contributed by atoms with van der Waals surface area (Å²) in [5.74, 6) is -1.98. The lowest BCUT2D eigenvalue weighted by Gasteiger charge is -2.23. The van der Waals surface area contributed by atoms with Gasteiger partial charge < -0.3 is 21.5 Å². The molecule has 0 aliphatic carbocycles. The van der Waals surface area contributed by atoms with Crippen LogP contribution in [-0.2, 0) is 14.4 Å². The Morgan fingerprint density at radius 1 is 1.22 bits per heavy atom. The molecular weight excluding hydrogens is 238 g/mol. The Hall–Kier alpha value is -1.63. The molecule has 0 saturated heterocycles. The first-order valence-electron chi connectivity index (χ1n) is 5.62. The van der Waals surface area contributed by atoms with Crippen molar-refractivity contribution in [3.8, 4) is 0 Å². The summed E-state index contributed by atoms with van der Waals surface area (Å²) < 4.78 is 0. The predicted molar refractivity (Wildman–Crippen MR) is 65.4 cm³/mol. The summed E-state index contributed by atoms with van der Waals surface area (Å²) in [5, 5.41) is 13.5. The fourth-order valence-corrected chi connectivity index (χ4v) is 1.05. The zero-order valence-electron chi connectivity index (χ0n) is 11.1. The number of carboxylic acids is 1. The SMILES string of the molecule is C[C@@H](NC(=O)[C@@H](N)CC(=O)O)NC(=O)C(C)(C)C. The number of nitrogens with two attached hydrogens (primary N) is 1. The Balaban J connectivity index is 4.24. The van der Waals surface area contributed by atoms with E-state index in [1.54, 1.807) is 27.7 Å². The minimum Gasteiger partial charge on any atom is -0.481 e. The average molecular weight is 259 g/mol. The van der Waals surface area contributed by atoms with Gasteiger partial charge in [-0.05, 0) is 6.92 Å². The lowest BCUT2D eigenvalue weighted by molar-refractivity contribution is -0.139. The number of carbonyl (C=O) groups is 3. The van der Waals surface area contributed by atoms with Crippen molar-refractivity contribution in [2.45, 2.75) is 46.3 Å². The van der Waals surface area contributed by atoms with Gasteiger partial charge in [0.05, 0.1) is 18.6 Å². The van der Waals surface area contributed by atoms with Crippen LogP contribution in [0.15, 0.2) is 0 Å². The van der Waals surface area contributed by atoms with E-state index in [2.05, 4.69) is 10.6 Å². The molecule has 18 heavy (non-hydrogen) atoms. The van der Waals surface area contributed by atoms with Gasteiger partial charge in [0.25, 0.3) is 0 Å². The van der Waals surface area contributed by atoms with E-state index in [9.17, 15) is 14.4 Å². The number of hydrogen-bond acceptors (Lipinski definition) is 4. The number of aliphatic carboxylic acids is 1. The first-order valence-corrected chi connectivity index (χ1v) is 5.62. The lowest BCUT2D eigenvalue weighted by atomic mass is 9.95. The number of amides is 2. The first kappa shape index (κ1) is 16.4. The molecule has 2 atom stereocenters. The van der Waals surface area contributed by atoms with Gasteiger partial charge in [0, 0.05) is 5.41 Å². The van der Waals surface area contributed by atoms with Crippen LogP contribution < -0.4 is 16.4 Å². The van der Waals surface area contributed by atoms with Crippen LogP contribution in [0.25, 0.3) is 0 Å². The van der Waals surface area contributed by atoms with Gasteiger partial charge in [-0.15, -0.1) is 0 Å². The topological polar surface area (TPSA) is 122 Å². The number of rotatable bonds is 5. The van der Waals surface area contributed by atoms with E-state index in [4.69, 9.17) is 10.8 Å². The predicted octanol–water partition coefficient (Wildman–Crippen LogP) is -0.587. The maximum Gasteiger partial charge on any atom is 0.305 e. The van der Waals surface area contributed by atoms with E-state index in [0.29, 0.717) is 0 Å². The normalized spacial score (nSPS) is 14.5. The van der Waals surface area contributed by atoms with Crippen molar-refractivity contribution in [3.05, 3.63) is 0 Å². The zero-order chi connectivity index (χ0) is 14.5. The van der Waals surface area contributed by atoms with Gasteiger partial charge in [0.2, 0.25) is 11.8 Å². The Morgan fingerprint density at radius 3 is 2.11 bits per heavy atom. The third-order valence-corrected chi connectivity index (χ3v) is 2.12. The number of carbonyl (C=O) groups excluding carboxylic acids is 2. The molecule has 0 heterocycles. The number of hydrogen-bond donors (Lipinski definition) is 4. The molecular formula is C11H21N3O4. The molecule has 0 rings (SSSR count). The van der Waals surface area contributed by atoms with Gasteiger partial charge in [-0.1, -0.05) is 20.8 Å². The smallest absolute Gasteiger partial charge is 0.305 e. The van der Waals surface area contributed by atoms with Crippen molar-refractivity contribution in [2.24, 2.45) is 11.1 Å². The van der Waals surface area contributed by atoms with E-state index in [1.807, 2.05) is 0 Å². The zero-order valence-corrected chi connectivity index (χ0v) is 11.1. The van der Waals surface area contributed by atoms with Gasteiger partial charge in [0.15, 0.2) is 0 Å². The van der Waals surface area contributed by atoms with Crippen molar-refractivity contribution >= 4 is 17.8 Å². The highest BCUT2D eigenvalue weighted by molar-refractivity contribution is 5.87. The van der Waals surface area contributed by atoms with Crippen LogP contribution in [0.4, 0.5) is 0 Å². The van der Waals surface area contributed by atoms with Crippen LogP contribution >= 0.6 is 0 Å². The summed E-state index contributed by atoms with van der Waals surface area (Å²) in [6.45, 7) is 6.81. The van der Waals surface area contributed by atoms with Crippen molar-refractivity contribution in [1.82, 2.24) is 10.6 Å². The summed E-state index contributed by atoms with van der Waals surface area (Å²) in [5.41, 5.74) is 4.81. The lowest BCUT2D eigenvalue weighted by Crippen LogP contribution is -2.53. The highest BCUT2D eigenvalue weighted by atomic mass is 16.4. The Morgan fingerprint density at radius 2 is 1.72 bits per heavy atom. The quantitative estimate of drug-likeness (QED) is 0.492. The molecule has 7 heteroatoms. The molecule has 104 valence electrons. The van der Waals surface area contributed by atoms with Crippen LogP contribution in [0.3, 0.4) is 0 Å². The monoisotopic (exact) mass is 259 g/mol. The third-order valence-electron chi connectivity index (χ3n) is 2.12. The van der Waals surface area contributed by atoms with Crippen molar-refractivity contribution in [1.29, 1.82) is 0 Å². The molecule has 0 aliphatic heterocycles. The van der Waals surface area contributed by atoms with E-state index in [-0.39, 0.29) is 5.91 Å². The van der Waals surface area contributed by atoms with Gasteiger partial charge in [0.1, 0.15) is 0 Å². The molecule has 0 bridgehead atoms. The van der Waals surface area contributed by atoms with Crippen molar-refractivity contribution in [2.75, 3.05) is 0 Å². The maximum absolute atomic E-state index is 11.6. The van der Waals surface area contributed by atoms with Crippen molar-refractivity contribution in [3.63, 3.8) is 0 Å². The molecule has 0 unspecified atom stereocenters. The highest BCUT2D eigenvalue weighted by Gasteiger charge is 2.24. The first-order chi connectivity index (χ1) is 8.04. The summed E-state index contributed by atoms with van der Waals surface area (Å²) in [6.07, 6.45) is -1.06. The van der Waals surface area contributed by atoms with E-state index in [1.165, 1.54) is 0 Å². The Labute approximate surface area is 106 Å². The van der Waals surface area contributed by atoms with Crippen LogP contribution in [0.5, 0.6) is 0 Å². The molecule has 0 aromatic rings. The molecule has 5 N–H and O–H groups in total. The fraction of sp³-hybridized carbons (Fsp3) is 0.727. The largest absolute Gasteiger partial charge is 0.481 e. The third kappa shape index (κ3) is 6.19. The molecule has 2 amide bonds. The van der Waals surface area contributed by atoms with Crippen LogP contribution in [-0.4, -0.2) is 35.1 Å². The summed E-state index contributed by atoms with van der Waals surface area (Å²) in [4.78, 5) is 33.5. The summed E-state index contributed by atoms with van der Waals surface area (Å²) in [7, 11) is 0. The maximum atomic E-state index is 11.6. The van der Waals surface area contributed by atoms with E-state index < -0.39 is 35.9 Å². The van der Waals surface area contributed by atoms with Gasteiger partial charge in [-0.25, -0.2) is 0 Å². The molecule has 0 fully saturated rings. The summed E-state index contributed by atoms with van der Waals surface area (Å²) in [6, 6.07) is -1.13. The number of carboxylic acid groups (broad SMARTS) is 1. The van der Waals surface area contributed by atoms with Crippen LogP contribution in [0.2, 0.25) is 0 Å². The molecule has 0 aliphatic rings. The van der Waals surface area contributed by atoms with Gasteiger partial charge >= 0.3 is 5.97 Å². The molecule has 7 nitrogen and oxygen atoms in total. The summed E-state index contributed by atoms with van der Waals surface area (Å²) >= 11 is 0. The fourth-order valence-electron chi connectivity index (χ4n) is 1.05. The van der Waals surface area contributed by atoms with Crippen LogP contribution in [0.1, 0.15) is 34.1 Å². The number of nitrogens with one attached hydrogen (secondary N) is 2. The van der Waals surface area contributed by atoms with Gasteiger partial charge in [-0.3, -0.25) is 14.4 Å². The second-order valence-electron chi connectivity index (χ2n) is 5.16. The Kier molecular flexibility index (Phi) is 5.77. The second kappa shape index (κ2) is 6.34. The Bertz CT molecular complexity index is 336. The van der Waals surface area contributed by atoms with E-state index in [0.717, 1.165) is 0 Å². The minimum absolute atomic E-state index is 0.220. The standard InChI is InChI=1S/C11H21N3O4/c1-6(14-10(18)11(2,3)4)13-9(17)7(12)5-8(15)16/h6-7H,5,12H2,1-4H3,(H,13,17)(H,14,18)(H,15,16)/t6-,7-/m0/s1. The molecule has 0 spiro atoms. The van der Waals surface area contributed by atoms with Crippen molar-refractivity contribution < 1.29 is 19.5 Å². The highest BCUT2D eigenvalue weighted by Crippen LogP contribution is 2.12. The molecule has 0 aromatic heterocycles.